The van der Waals surface area contributed by atoms with Crippen molar-refractivity contribution < 1.29 is 0 Å². The molecule has 1 nitrogen and oxygen atoms in total. The monoisotopic (exact) mass is 129 g/mol. The van der Waals surface area contributed by atoms with Gasteiger partial charge in [0.2, 0.25) is 0 Å². The van der Waals surface area contributed by atoms with Gasteiger partial charge in [0.25, 0.3) is 0 Å². The summed E-state index contributed by atoms with van der Waals surface area (Å²) >= 11 is 0. The van der Waals surface area contributed by atoms with E-state index in [9.17, 15) is 0 Å². The van der Waals surface area contributed by atoms with E-state index in [0.717, 1.165) is 12.1 Å². The summed E-state index contributed by atoms with van der Waals surface area (Å²) in [4.78, 5) is 0. The largest absolute Gasteiger partial charge is 0.402 e. The van der Waals surface area contributed by atoms with Crippen LogP contribution in [0.15, 0.2) is 11.3 Å². The molecule has 0 saturated heterocycles. The average Bonchev–Trinajstić information content (AvgIpc) is 1.98. The zero-order valence-corrected chi connectivity index (χ0v) is 6.30. The van der Waals surface area contributed by atoms with E-state index in [1.54, 1.807) is 0 Å². The fraction of sp³-hybridized carbons (Fsp3) is 0.667. The highest BCUT2D eigenvalue weighted by Crippen LogP contribution is 2.28. The maximum Gasteiger partial charge on any atom is 0.00761 e. The SMILES string of the molecule is CC1=C(N)CCC1P. The zero-order chi connectivity index (χ0) is 6.15. The Hall–Kier alpha value is -0.0300. The van der Waals surface area contributed by atoms with Crippen LogP contribution in [0.2, 0.25) is 0 Å². The summed E-state index contributed by atoms with van der Waals surface area (Å²) in [7, 11) is 2.80. The lowest BCUT2D eigenvalue weighted by atomic mass is 10.2. The topological polar surface area (TPSA) is 26.0 Å². The fourth-order valence-electron chi connectivity index (χ4n) is 0.963. The fourth-order valence-corrected chi connectivity index (χ4v) is 1.34. The molecule has 0 radical (unpaired) electrons. The third kappa shape index (κ3) is 0.877. The first-order chi connectivity index (χ1) is 3.72. The minimum atomic E-state index is 0.662. The second-order valence-corrected chi connectivity index (χ2v) is 3.16. The Bertz CT molecular complexity index is 128. The van der Waals surface area contributed by atoms with Crippen LogP contribution in [0.5, 0.6) is 0 Å². The standard InChI is InChI=1S/C6H12NP/c1-4-5(7)2-3-6(4)8/h6H,2-3,7-8H2,1H3. The third-order valence-electron chi connectivity index (χ3n) is 1.79. The van der Waals surface area contributed by atoms with Crippen molar-refractivity contribution >= 4 is 9.24 Å². The smallest absolute Gasteiger partial charge is 0.00761 e. The summed E-state index contributed by atoms with van der Waals surface area (Å²) in [5.74, 6) is 0. The second kappa shape index (κ2) is 2.06. The molecule has 1 aliphatic rings. The Balaban J connectivity index is 2.71. The molecule has 2 heteroatoms. The first kappa shape index (κ1) is 6.10. The van der Waals surface area contributed by atoms with Gasteiger partial charge in [-0.3, -0.25) is 0 Å². The van der Waals surface area contributed by atoms with Crippen LogP contribution in [0.25, 0.3) is 0 Å². The van der Waals surface area contributed by atoms with E-state index in [1.807, 2.05) is 0 Å². The van der Waals surface area contributed by atoms with Gasteiger partial charge in [0, 0.05) is 5.70 Å². The lowest BCUT2D eigenvalue weighted by Crippen LogP contribution is -1.95. The molecule has 0 heterocycles. The van der Waals surface area contributed by atoms with Crippen LogP contribution in [0, 0.1) is 0 Å². The molecule has 0 bridgehead atoms. The second-order valence-electron chi connectivity index (χ2n) is 2.35. The molecular formula is C6H12NP. The molecule has 1 aliphatic carbocycles. The van der Waals surface area contributed by atoms with Crippen molar-refractivity contribution in [2.75, 3.05) is 0 Å². The molecule has 2 N–H and O–H groups in total. The number of allylic oxidation sites excluding steroid dienone is 2. The number of hydrogen-bond acceptors (Lipinski definition) is 1. The summed E-state index contributed by atoms with van der Waals surface area (Å²) in [6.07, 6.45) is 2.32. The van der Waals surface area contributed by atoms with Crippen LogP contribution in [-0.4, -0.2) is 5.66 Å². The van der Waals surface area contributed by atoms with E-state index in [-0.39, 0.29) is 0 Å². The van der Waals surface area contributed by atoms with Crippen molar-refractivity contribution in [3.63, 3.8) is 0 Å². The highest BCUT2D eigenvalue weighted by molar-refractivity contribution is 7.18. The van der Waals surface area contributed by atoms with Crippen LogP contribution in [0.1, 0.15) is 19.8 Å². The van der Waals surface area contributed by atoms with Crippen LogP contribution in [0.3, 0.4) is 0 Å². The average molecular weight is 129 g/mol. The molecule has 1 rings (SSSR count). The van der Waals surface area contributed by atoms with Gasteiger partial charge in [0.1, 0.15) is 0 Å². The molecule has 2 atom stereocenters. The van der Waals surface area contributed by atoms with Gasteiger partial charge in [-0.05, 0) is 31.0 Å². The van der Waals surface area contributed by atoms with Crippen LogP contribution < -0.4 is 5.73 Å². The number of rotatable bonds is 0. The number of hydrogen-bond donors (Lipinski definition) is 1. The molecule has 0 fully saturated rings. The minimum Gasteiger partial charge on any atom is -0.402 e. The van der Waals surface area contributed by atoms with Crippen molar-refractivity contribution in [2.24, 2.45) is 5.73 Å². The van der Waals surface area contributed by atoms with Gasteiger partial charge >= 0.3 is 0 Å². The molecular weight excluding hydrogens is 117 g/mol. The summed E-state index contributed by atoms with van der Waals surface area (Å²) in [6, 6.07) is 0. The Labute approximate surface area is 52.5 Å². The van der Waals surface area contributed by atoms with E-state index < -0.39 is 0 Å². The Morgan fingerprint density at radius 3 is 2.50 bits per heavy atom. The Morgan fingerprint density at radius 2 is 2.38 bits per heavy atom. The number of nitrogens with two attached hydrogens (primary N) is 1. The quantitative estimate of drug-likeness (QED) is 0.489. The predicted molar refractivity (Wildman–Crippen MR) is 39.6 cm³/mol. The Kier molecular flexibility index (Phi) is 1.57. The van der Waals surface area contributed by atoms with Crippen molar-refractivity contribution in [3.05, 3.63) is 11.3 Å². The molecule has 8 heavy (non-hydrogen) atoms. The van der Waals surface area contributed by atoms with Gasteiger partial charge in [-0.25, -0.2) is 0 Å². The van der Waals surface area contributed by atoms with Gasteiger partial charge in [0.15, 0.2) is 0 Å². The highest BCUT2D eigenvalue weighted by atomic mass is 31.0. The third-order valence-corrected chi connectivity index (χ3v) is 2.62. The van der Waals surface area contributed by atoms with Crippen LogP contribution >= 0.6 is 9.24 Å². The first-order valence-corrected chi connectivity index (χ1v) is 3.59. The lowest BCUT2D eigenvalue weighted by Gasteiger charge is -1.99. The van der Waals surface area contributed by atoms with E-state index in [4.69, 9.17) is 5.73 Å². The summed E-state index contributed by atoms with van der Waals surface area (Å²) in [6.45, 7) is 2.11. The summed E-state index contributed by atoms with van der Waals surface area (Å²) in [5, 5.41) is 0. The van der Waals surface area contributed by atoms with Crippen LogP contribution in [0.4, 0.5) is 0 Å². The molecule has 2 unspecified atom stereocenters. The van der Waals surface area contributed by atoms with Gasteiger partial charge in [-0.1, -0.05) is 0 Å². The molecule has 0 aromatic rings. The molecule has 0 aromatic carbocycles. The Morgan fingerprint density at radius 1 is 1.75 bits per heavy atom. The first-order valence-electron chi connectivity index (χ1n) is 2.92. The van der Waals surface area contributed by atoms with E-state index >= 15 is 0 Å². The van der Waals surface area contributed by atoms with E-state index in [0.29, 0.717) is 5.66 Å². The predicted octanol–water partition coefficient (Wildman–Crippen LogP) is 1.26. The zero-order valence-electron chi connectivity index (χ0n) is 5.15. The molecule has 46 valence electrons. The lowest BCUT2D eigenvalue weighted by molar-refractivity contribution is 0.903. The van der Waals surface area contributed by atoms with Crippen molar-refractivity contribution in [1.29, 1.82) is 0 Å². The van der Waals surface area contributed by atoms with Crippen LogP contribution in [-0.2, 0) is 0 Å². The summed E-state index contributed by atoms with van der Waals surface area (Å²) in [5.41, 5.74) is 8.77. The van der Waals surface area contributed by atoms with Gasteiger partial charge in [0.05, 0.1) is 0 Å². The maximum absolute atomic E-state index is 5.63. The van der Waals surface area contributed by atoms with Gasteiger partial charge < -0.3 is 5.73 Å². The maximum atomic E-state index is 5.63. The normalized spacial score (nSPS) is 29.5. The van der Waals surface area contributed by atoms with Crippen molar-refractivity contribution in [3.8, 4) is 0 Å². The molecule has 0 aromatic heterocycles. The van der Waals surface area contributed by atoms with Gasteiger partial charge in [-0.15, -0.1) is 9.24 Å². The van der Waals surface area contributed by atoms with E-state index in [1.165, 1.54) is 12.0 Å². The minimum absolute atomic E-state index is 0.662. The molecule has 0 aliphatic heterocycles. The highest BCUT2D eigenvalue weighted by Gasteiger charge is 2.14. The molecule has 0 spiro atoms. The van der Waals surface area contributed by atoms with Crippen molar-refractivity contribution in [2.45, 2.75) is 25.4 Å². The molecule has 0 saturated carbocycles. The summed E-state index contributed by atoms with van der Waals surface area (Å²) < 4.78 is 0. The van der Waals surface area contributed by atoms with Gasteiger partial charge in [-0.2, -0.15) is 0 Å². The van der Waals surface area contributed by atoms with E-state index in [2.05, 4.69) is 16.2 Å². The molecule has 0 amide bonds. The van der Waals surface area contributed by atoms with Crippen molar-refractivity contribution in [1.82, 2.24) is 0 Å².